The molecule has 4 heteroatoms. The zero-order chi connectivity index (χ0) is 17.1. The van der Waals surface area contributed by atoms with Crippen molar-refractivity contribution in [3.8, 4) is 0 Å². The van der Waals surface area contributed by atoms with E-state index >= 15 is 0 Å². The van der Waals surface area contributed by atoms with Crippen molar-refractivity contribution in [2.24, 2.45) is 4.99 Å². The van der Waals surface area contributed by atoms with Crippen LogP contribution in [0.3, 0.4) is 0 Å². The first-order valence-corrected chi connectivity index (χ1v) is 7.83. The summed E-state index contributed by atoms with van der Waals surface area (Å²) < 4.78 is 1.84. The number of rotatable bonds is 4. The molecule has 0 bridgehead atoms. The summed E-state index contributed by atoms with van der Waals surface area (Å²) in [6, 6.07) is 8.12. The van der Waals surface area contributed by atoms with Crippen LogP contribution in [0.15, 0.2) is 60.5 Å². The number of aryl methyl sites for hydroxylation is 1. The number of aromatic nitrogens is 3. The summed E-state index contributed by atoms with van der Waals surface area (Å²) in [5.41, 5.74) is 7.20. The topological polar surface area (TPSA) is 42.5 Å². The lowest BCUT2D eigenvalue weighted by atomic mass is 9.91. The van der Waals surface area contributed by atoms with Crippen LogP contribution < -0.4 is 0 Å². The van der Waals surface area contributed by atoms with Crippen LogP contribution in [0.2, 0.25) is 0 Å². The SMILES string of the molecule is C=C(c1ccn2nccc2c1)c1c(/C(C=NC)=C/C)ccnc1C. The van der Waals surface area contributed by atoms with Crippen molar-refractivity contribution in [2.45, 2.75) is 13.8 Å². The van der Waals surface area contributed by atoms with Gasteiger partial charge in [0.25, 0.3) is 0 Å². The maximum absolute atomic E-state index is 4.47. The molecule has 0 saturated heterocycles. The van der Waals surface area contributed by atoms with E-state index in [1.165, 1.54) is 0 Å². The van der Waals surface area contributed by atoms with E-state index in [-0.39, 0.29) is 0 Å². The van der Waals surface area contributed by atoms with E-state index in [4.69, 9.17) is 0 Å². The highest BCUT2D eigenvalue weighted by molar-refractivity contribution is 6.11. The van der Waals surface area contributed by atoms with Crippen molar-refractivity contribution >= 4 is 22.9 Å². The second-order valence-electron chi connectivity index (χ2n) is 5.54. The molecule has 0 aliphatic rings. The first kappa shape index (κ1) is 15.9. The number of fused-ring (bicyclic) bond motifs is 1. The molecule has 0 saturated carbocycles. The molecule has 0 amide bonds. The lowest BCUT2D eigenvalue weighted by molar-refractivity contribution is 0.960. The molecule has 0 atom stereocenters. The Morgan fingerprint density at radius 2 is 2.08 bits per heavy atom. The lowest BCUT2D eigenvalue weighted by Crippen LogP contribution is -2.01. The minimum absolute atomic E-state index is 0.947. The number of aliphatic imine (C=N–C) groups is 1. The van der Waals surface area contributed by atoms with Crippen molar-refractivity contribution in [3.05, 3.63) is 77.9 Å². The quantitative estimate of drug-likeness (QED) is 0.677. The van der Waals surface area contributed by atoms with Gasteiger partial charge in [-0.3, -0.25) is 9.98 Å². The highest BCUT2D eigenvalue weighted by atomic mass is 15.2. The van der Waals surface area contributed by atoms with Gasteiger partial charge < -0.3 is 0 Å². The largest absolute Gasteiger partial charge is 0.296 e. The molecule has 3 aromatic heterocycles. The van der Waals surface area contributed by atoms with E-state index in [0.29, 0.717) is 0 Å². The first-order valence-electron chi connectivity index (χ1n) is 7.83. The Morgan fingerprint density at radius 3 is 2.83 bits per heavy atom. The van der Waals surface area contributed by atoms with Crippen LogP contribution in [-0.4, -0.2) is 27.9 Å². The molecular weight excluding hydrogens is 296 g/mol. The number of allylic oxidation sites excluding steroid dienone is 2. The van der Waals surface area contributed by atoms with Gasteiger partial charge in [-0.25, -0.2) is 4.52 Å². The van der Waals surface area contributed by atoms with E-state index < -0.39 is 0 Å². The van der Waals surface area contributed by atoms with Crippen LogP contribution in [0.1, 0.15) is 29.3 Å². The average Bonchev–Trinajstić information content (AvgIpc) is 3.06. The number of pyridine rings is 2. The fraction of sp³-hybridized carbons (Fsp3) is 0.150. The van der Waals surface area contributed by atoms with Gasteiger partial charge in [0.05, 0.1) is 5.52 Å². The van der Waals surface area contributed by atoms with Crippen molar-refractivity contribution in [3.63, 3.8) is 0 Å². The van der Waals surface area contributed by atoms with E-state index in [1.54, 1.807) is 13.2 Å². The Hall–Kier alpha value is -3.01. The van der Waals surface area contributed by atoms with Gasteiger partial charge in [-0.05, 0) is 60.4 Å². The summed E-state index contributed by atoms with van der Waals surface area (Å²) in [7, 11) is 1.78. The van der Waals surface area contributed by atoms with Crippen LogP contribution in [-0.2, 0) is 0 Å². The van der Waals surface area contributed by atoms with Crippen LogP contribution in [0.4, 0.5) is 0 Å². The molecule has 3 aromatic rings. The molecule has 0 aliphatic carbocycles. The van der Waals surface area contributed by atoms with Crippen LogP contribution >= 0.6 is 0 Å². The van der Waals surface area contributed by atoms with Gasteiger partial charge in [0.1, 0.15) is 0 Å². The van der Waals surface area contributed by atoms with E-state index in [9.17, 15) is 0 Å². The molecule has 0 spiro atoms. The fourth-order valence-electron chi connectivity index (χ4n) is 2.88. The molecule has 0 aromatic carbocycles. The van der Waals surface area contributed by atoms with Gasteiger partial charge in [0.2, 0.25) is 0 Å². The molecular formula is C20H20N4. The highest BCUT2D eigenvalue weighted by Crippen LogP contribution is 2.30. The molecule has 0 fully saturated rings. The number of hydrogen-bond acceptors (Lipinski definition) is 3. The standard InChI is InChI=1S/C20H20N4/c1-5-16(13-21-4)19-7-9-22-15(3)20(19)14(2)17-8-11-24-18(12-17)6-10-23-24/h5-13H,2H2,1,3-4H3/b16-5+,21-13?. The maximum atomic E-state index is 4.47. The van der Waals surface area contributed by atoms with E-state index in [1.807, 2.05) is 55.2 Å². The predicted octanol–water partition coefficient (Wildman–Crippen LogP) is 4.20. The molecule has 3 rings (SSSR count). The summed E-state index contributed by atoms with van der Waals surface area (Å²) in [4.78, 5) is 8.63. The van der Waals surface area contributed by atoms with Crippen LogP contribution in [0.5, 0.6) is 0 Å². The summed E-state index contributed by atoms with van der Waals surface area (Å²) in [5, 5.41) is 4.24. The number of nitrogens with zero attached hydrogens (tertiary/aromatic N) is 4. The van der Waals surface area contributed by atoms with Crippen molar-refractivity contribution in [2.75, 3.05) is 7.05 Å². The molecule has 3 heterocycles. The monoisotopic (exact) mass is 316 g/mol. The fourth-order valence-corrected chi connectivity index (χ4v) is 2.88. The Kier molecular flexibility index (Phi) is 4.38. The molecule has 4 nitrogen and oxygen atoms in total. The van der Waals surface area contributed by atoms with Gasteiger partial charge >= 0.3 is 0 Å². The van der Waals surface area contributed by atoms with Crippen LogP contribution in [0.25, 0.3) is 16.7 Å². The Morgan fingerprint density at radius 1 is 1.25 bits per heavy atom. The molecule has 0 aliphatic heterocycles. The second-order valence-corrected chi connectivity index (χ2v) is 5.54. The zero-order valence-corrected chi connectivity index (χ0v) is 14.2. The minimum Gasteiger partial charge on any atom is -0.296 e. The van der Waals surface area contributed by atoms with Crippen LogP contribution in [0, 0.1) is 6.92 Å². The third-order valence-electron chi connectivity index (χ3n) is 4.08. The minimum atomic E-state index is 0.947. The predicted molar refractivity (Wildman–Crippen MR) is 100 cm³/mol. The van der Waals surface area contributed by atoms with Gasteiger partial charge in [-0.15, -0.1) is 0 Å². The summed E-state index contributed by atoms with van der Waals surface area (Å²) >= 11 is 0. The van der Waals surface area contributed by atoms with Gasteiger partial charge in [0.15, 0.2) is 0 Å². The van der Waals surface area contributed by atoms with Gasteiger partial charge in [-0.2, -0.15) is 5.10 Å². The smallest absolute Gasteiger partial charge is 0.0667 e. The Labute approximate surface area is 141 Å². The Bertz CT molecular complexity index is 961. The molecule has 0 radical (unpaired) electrons. The van der Waals surface area contributed by atoms with Crippen molar-refractivity contribution < 1.29 is 0 Å². The third kappa shape index (κ3) is 2.78. The average molecular weight is 316 g/mol. The van der Waals surface area contributed by atoms with Crippen molar-refractivity contribution in [1.82, 2.24) is 14.6 Å². The molecule has 0 unspecified atom stereocenters. The number of hydrogen-bond donors (Lipinski definition) is 0. The second kappa shape index (κ2) is 6.62. The van der Waals surface area contributed by atoms with Crippen molar-refractivity contribution in [1.29, 1.82) is 0 Å². The Balaban J connectivity index is 2.15. The van der Waals surface area contributed by atoms with Gasteiger partial charge in [-0.1, -0.05) is 12.7 Å². The van der Waals surface area contributed by atoms with Gasteiger partial charge in [0, 0.05) is 43.1 Å². The summed E-state index contributed by atoms with van der Waals surface area (Å²) in [6.07, 6.45) is 9.49. The van der Waals surface area contributed by atoms with E-state index in [2.05, 4.69) is 33.8 Å². The first-order chi connectivity index (χ1) is 11.7. The molecule has 0 N–H and O–H groups in total. The highest BCUT2D eigenvalue weighted by Gasteiger charge is 2.14. The summed E-state index contributed by atoms with van der Waals surface area (Å²) in [5.74, 6) is 0. The molecule has 24 heavy (non-hydrogen) atoms. The zero-order valence-electron chi connectivity index (χ0n) is 14.2. The lowest BCUT2D eigenvalue weighted by Gasteiger charge is -2.15. The third-order valence-corrected chi connectivity index (χ3v) is 4.08. The maximum Gasteiger partial charge on any atom is 0.0667 e. The van der Waals surface area contributed by atoms with E-state index in [0.717, 1.165) is 39.0 Å². The normalized spacial score (nSPS) is 12.2. The molecule has 120 valence electrons. The summed E-state index contributed by atoms with van der Waals surface area (Å²) in [6.45, 7) is 8.37.